The number of nitrogens with zero attached hydrogens (tertiary/aromatic N) is 1. The summed E-state index contributed by atoms with van der Waals surface area (Å²) < 4.78 is 36.4. The molecule has 0 N–H and O–H groups in total. The van der Waals surface area contributed by atoms with E-state index < -0.39 is 18.3 Å². The van der Waals surface area contributed by atoms with Crippen LogP contribution in [-0.4, -0.2) is 36.0 Å². The van der Waals surface area contributed by atoms with Crippen molar-refractivity contribution in [3.05, 3.63) is 0 Å². The SMILES string of the molecule is CC(C)C(=O)C(C)(C)N(C)CC(F)(F)F. The lowest BCUT2D eigenvalue weighted by Crippen LogP contribution is -2.52. The summed E-state index contributed by atoms with van der Waals surface area (Å²) in [7, 11) is 1.31. The Morgan fingerprint density at radius 3 is 1.93 bits per heavy atom. The topological polar surface area (TPSA) is 20.3 Å². The number of ketones is 1. The van der Waals surface area contributed by atoms with Gasteiger partial charge in [0.15, 0.2) is 5.78 Å². The van der Waals surface area contributed by atoms with Gasteiger partial charge in [-0.25, -0.2) is 0 Å². The molecule has 15 heavy (non-hydrogen) atoms. The lowest BCUT2D eigenvalue weighted by atomic mass is 9.89. The van der Waals surface area contributed by atoms with Gasteiger partial charge < -0.3 is 0 Å². The monoisotopic (exact) mass is 225 g/mol. The van der Waals surface area contributed by atoms with Crippen LogP contribution < -0.4 is 0 Å². The highest BCUT2D eigenvalue weighted by molar-refractivity contribution is 5.89. The molecular formula is C10H18F3NO. The average molecular weight is 225 g/mol. The predicted octanol–water partition coefficient (Wildman–Crippen LogP) is 2.48. The molecule has 0 atom stereocenters. The molecule has 0 heterocycles. The smallest absolute Gasteiger partial charge is 0.297 e. The van der Waals surface area contributed by atoms with Gasteiger partial charge in [-0.1, -0.05) is 13.8 Å². The molecule has 90 valence electrons. The van der Waals surface area contributed by atoms with Gasteiger partial charge in [0.1, 0.15) is 0 Å². The highest BCUT2D eigenvalue weighted by Gasteiger charge is 2.39. The normalized spacial score (nSPS) is 13.7. The summed E-state index contributed by atoms with van der Waals surface area (Å²) in [6, 6.07) is 0. The number of rotatable bonds is 4. The zero-order chi connectivity index (χ0) is 12.4. The third-order valence-electron chi connectivity index (χ3n) is 2.50. The minimum atomic E-state index is -4.27. The van der Waals surface area contributed by atoms with E-state index in [9.17, 15) is 18.0 Å². The van der Waals surface area contributed by atoms with Crippen molar-refractivity contribution >= 4 is 5.78 Å². The van der Waals surface area contributed by atoms with Gasteiger partial charge in [0.25, 0.3) is 0 Å². The van der Waals surface area contributed by atoms with Crippen LogP contribution in [0.15, 0.2) is 0 Å². The second-order valence-corrected chi connectivity index (χ2v) is 4.55. The Balaban J connectivity index is 4.66. The highest BCUT2D eigenvalue weighted by atomic mass is 19.4. The van der Waals surface area contributed by atoms with Crippen LogP contribution in [0.4, 0.5) is 13.2 Å². The maximum atomic E-state index is 12.1. The molecule has 0 rings (SSSR count). The van der Waals surface area contributed by atoms with Crippen LogP contribution in [0, 0.1) is 5.92 Å². The van der Waals surface area contributed by atoms with Gasteiger partial charge in [0.2, 0.25) is 0 Å². The second-order valence-electron chi connectivity index (χ2n) is 4.55. The lowest BCUT2D eigenvalue weighted by molar-refractivity contribution is -0.159. The van der Waals surface area contributed by atoms with E-state index in [1.54, 1.807) is 13.8 Å². The van der Waals surface area contributed by atoms with Crippen molar-refractivity contribution in [2.24, 2.45) is 5.92 Å². The van der Waals surface area contributed by atoms with E-state index in [1.807, 2.05) is 0 Å². The Labute approximate surface area is 88.4 Å². The van der Waals surface area contributed by atoms with Crippen LogP contribution in [0.1, 0.15) is 27.7 Å². The second kappa shape index (κ2) is 4.51. The van der Waals surface area contributed by atoms with Gasteiger partial charge in [0.05, 0.1) is 12.1 Å². The third-order valence-corrected chi connectivity index (χ3v) is 2.50. The Morgan fingerprint density at radius 1 is 1.27 bits per heavy atom. The number of hydrogen-bond acceptors (Lipinski definition) is 2. The van der Waals surface area contributed by atoms with Gasteiger partial charge in [-0.3, -0.25) is 9.69 Å². The van der Waals surface area contributed by atoms with Gasteiger partial charge in [-0.05, 0) is 20.9 Å². The minimum Gasteiger partial charge on any atom is -0.297 e. The molecule has 0 aromatic rings. The first-order chi connectivity index (χ1) is 6.48. The minimum absolute atomic E-state index is 0.186. The van der Waals surface area contributed by atoms with Crippen LogP contribution >= 0.6 is 0 Å². The highest BCUT2D eigenvalue weighted by Crippen LogP contribution is 2.23. The molecule has 0 saturated heterocycles. The van der Waals surface area contributed by atoms with Gasteiger partial charge in [-0.2, -0.15) is 13.2 Å². The van der Waals surface area contributed by atoms with Crippen LogP contribution in [-0.2, 0) is 4.79 Å². The molecule has 0 bridgehead atoms. The first-order valence-corrected chi connectivity index (χ1v) is 4.81. The lowest BCUT2D eigenvalue weighted by Gasteiger charge is -2.35. The molecule has 0 aliphatic heterocycles. The maximum absolute atomic E-state index is 12.1. The van der Waals surface area contributed by atoms with Gasteiger partial charge in [-0.15, -0.1) is 0 Å². The van der Waals surface area contributed by atoms with Crippen LogP contribution in [0.3, 0.4) is 0 Å². The fourth-order valence-corrected chi connectivity index (χ4v) is 1.36. The number of carbonyl (C=O) groups is 1. The quantitative estimate of drug-likeness (QED) is 0.732. The molecule has 0 aliphatic carbocycles. The van der Waals surface area contributed by atoms with E-state index in [1.165, 1.54) is 20.9 Å². The molecular weight excluding hydrogens is 207 g/mol. The van der Waals surface area contributed by atoms with Crippen molar-refractivity contribution in [1.82, 2.24) is 4.90 Å². The predicted molar refractivity (Wildman–Crippen MR) is 52.6 cm³/mol. The largest absolute Gasteiger partial charge is 0.401 e. The summed E-state index contributed by atoms with van der Waals surface area (Å²) in [6.45, 7) is 5.33. The molecule has 0 aromatic carbocycles. The first-order valence-electron chi connectivity index (χ1n) is 4.81. The van der Waals surface area contributed by atoms with Crippen LogP contribution in [0.2, 0.25) is 0 Å². The number of carbonyl (C=O) groups excluding carboxylic acids is 1. The van der Waals surface area contributed by atoms with Crippen molar-refractivity contribution in [3.8, 4) is 0 Å². The molecule has 5 heteroatoms. The molecule has 0 saturated carbocycles. The fraction of sp³-hybridized carbons (Fsp3) is 0.900. The van der Waals surface area contributed by atoms with Crippen molar-refractivity contribution in [3.63, 3.8) is 0 Å². The number of Topliss-reactive ketones (excluding diaryl/α,β-unsaturated/α-hetero) is 1. The molecule has 2 nitrogen and oxygen atoms in total. The number of hydrogen-bond donors (Lipinski definition) is 0. The van der Waals surface area contributed by atoms with E-state index in [0.29, 0.717) is 0 Å². The summed E-state index contributed by atoms with van der Waals surface area (Å²) in [5.41, 5.74) is -1.08. The summed E-state index contributed by atoms with van der Waals surface area (Å²) in [4.78, 5) is 12.7. The van der Waals surface area contributed by atoms with E-state index >= 15 is 0 Å². The van der Waals surface area contributed by atoms with Gasteiger partial charge in [0, 0.05) is 5.92 Å². The molecule has 0 aliphatic rings. The van der Waals surface area contributed by atoms with Crippen LogP contribution in [0.5, 0.6) is 0 Å². The fourth-order valence-electron chi connectivity index (χ4n) is 1.36. The Bertz CT molecular complexity index is 233. The van der Waals surface area contributed by atoms with Crippen molar-refractivity contribution in [2.75, 3.05) is 13.6 Å². The number of alkyl halides is 3. The summed E-state index contributed by atoms with van der Waals surface area (Å²) in [5.74, 6) is -0.454. The Morgan fingerprint density at radius 2 is 1.67 bits per heavy atom. The van der Waals surface area contributed by atoms with E-state index in [2.05, 4.69) is 0 Å². The summed E-state index contributed by atoms with van der Waals surface area (Å²) in [6.07, 6.45) is -4.27. The zero-order valence-corrected chi connectivity index (χ0v) is 9.77. The third kappa shape index (κ3) is 4.20. The molecule has 0 radical (unpaired) electrons. The standard InChI is InChI=1S/C10H18F3NO/c1-7(2)8(15)9(3,4)14(5)6-10(11,12)13/h7H,6H2,1-5H3. The average Bonchev–Trinajstić information content (AvgIpc) is 1.99. The molecule has 0 unspecified atom stereocenters. The number of halogens is 3. The number of likely N-dealkylation sites (N-methyl/N-ethyl adjacent to an activating group) is 1. The van der Waals surface area contributed by atoms with E-state index in [0.717, 1.165) is 4.90 Å². The van der Waals surface area contributed by atoms with Crippen LogP contribution in [0.25, 0.3) is 0 Å². The zero-order valence-electron chi connectivity index (χ0n) is 9.77. The Kier molecular flexibility index (Phi) is 4.34. The van der Waals surface area contributed by atoms with Gasteiger partial charge >= 0.3 is 6.18 Å². The Hall–Kier alpha value is -0.580. The van der Waals surface area contributed by atoms with Crippen molar-refractivity contribution < 1.29 is 18.0 Å². The van der Waals surface area contributed by atoms with Crippen molar-refractivity contribution in [2.45, 2.75) is 39.4 Å². The van der Waals surface area contributed by atoms with E-state index in [-0.39, 0.29) is 11.7 Å². The molecule has 0 fully saturated rings. The summed E-state index contributed by atoms with van der Waals surface area (Å²) in [5, 5.41) is 0. The first kappa shape index (κ1) is 14.4. The van der Waals surface area contributed by atoms with E-state index in [4.69, 9.17) is 0 Å². The molecule has 0 amide bonds. The maximum Gasteiger partial charge on any atom is 0.401 e. The summed E-state index contributed by atoms with van der Waals surface area (Å²) >= 11 is 0. The van der Waals surface area contributed by atoms with Crippen molar-refractivity contribution in [1.29, 1.82) is 0 Å². The molecule has 0 aromatic heterocycles. The molecule has 0 spiro atoms.